The van der Waals surface area contributed by atoms with Gasteiger partial charge in [0, 0.05) is 19.4 Å². The van der Waals surface area contributed by atoms with Crippen LogP contribution in [-0.4, -0.2) is 70.8 Å². The highest BCUT2D eigenvalue weighted by Gasteiger charge is 2.30. The first kappa shape index (κ1) is 43.3. The molecule has 0 bridgehead atoms. The molecule has 3 amide bonds. The zero-order valence-electron chi connectivity index (χ0n) is 29.5. The van der Waals surface area contributed by atoms with E-state index in [1.807, 2.05) is 0 Å². The number of aliphatic carboxylic acids is 1. The van der Waals surface area contributed by atoms with E-state index in [0.717, 1.165) is 19.3 Å². The molecule has 0 spiro atoms. The zero-order valence-corrected chi connectivity index (χ0v) is 29.5. The van der Waals surface area contributed by atoms with Gasteiger partial charge in [0.2, 0.25) is 17.7 Å². The molecule has 1 aromatic rings. The van der Waals surface area contributed by atoms with Crippen LogP contribution in [0.5, 0.6) is 0 Å². The molecule has 0 fully saturated rings. The second-order valence-electron chi connectivity index (χ2n) is 12.9. The van der Waals surface area contributed by atoms with Gasteiger partial charge in [-0.2, -0.15) is 0 Å². The quantitative estimate of drug-likeness (QED) is 0.0266. The molecule has 278 valence electrons. The number of carboxylic acids is 1. The summed E-state index contributed by atoms with van der Waals surface area (Å²) in [6, 6.07) is 5.38. The molecule has 0 heterocycles. The summed E-state index contributed by atoms with van der Waals surface area (Å²) >= 11 is 0. The van der Waals surface area contributed by atoms with Crippen molar-refractivity contribution in [1.29, 1.82) is 0 Å². The van der Waals surface area contributed by atoms with Gasteiger partial charge in [-0.15, -0.1) is 0 Å². The summed E-state index contributed by atoms with van der Waals surface area (Å²) in [6.45, 7) is 2.47. The van der Waals surface area contributed by atoms with Crippen LogP contribution in [0.1, 0.15) is 128 Å². The van der Waals surface area contributed by atoms with Crippen molar-refractivity contribution >= 4 is 29.7 Å². The number of hydrogen-bond donors (Lipinski definition) is 8. The second kappa shape index (κ2) is 27.2. The number of aliphatic hydroxyl groups is 1. The lowest BCUT2D eigenvalue weighted by Crippen LogP contribution is -2.56. The number of unbranched alkanes of at least 4 members (excludes halogenated alkanes) is 12. The van der Waals surface area contributed by atoms with E-state index in [1.54, 1.807) is 30.3 Å². The number of nitrogens with two attached hydrogens (primary N) is 3. The third-order valence-corrected chi connectivity index (χ3v) is 8.39. The number of carbonyl (C=O) groups is 4. The number of nitrogens with zero attached hydrogens (tertiary/aromatic N) is 1. The van der Waals surface area contributed by atoms with E-state index in [-0.39, 0.29) is 50.5 Å². The third-order valence-electron chi connectivity index (χ3n) is 8.39. The highest BCUT2D eigenvalue weighted by molar-refractivity contribution is 5.93. The molecule has 0 radical (unpaired) electrons. The van der Waals surface area contributed by atoms with Crippen molar-refractivity contribution in [2.45, 2.75) is 153 Å². The predicted octanol–water partition coefficient (Wildman–Crippen LogP) is 3.36. The van der Waals surface area contributed by atoms with Gasteiger partial charge in [0.1, 0.15) is 24.4 Å². The number of hydrogen-bond acceptors (Lipinski definition) is 7. The van der Waals surface area contributed by atoms with Crippen LogP contribution in [-0.2, 0) is 25.6 Å². The fraction of sp³-hybridized carbons (Fsp3) is 0.694. The minimum absolute atomic E-state index is 0.0324. The van der Waals surface area contributed by atoms with Gasteiger partial charge >= 0.3 is 5.97 Å². The Morgan fingerprint density at radius 1 is 0.694 bits per heavy atom. The molecule has 0 saturated heterocycles. The number of nitrogens with one attached hydrogen (secondary N) is 3. The highest BCUT2D eigenvalue weighted by Crippen LogP contribution is 2.13. The summed E-state index contributed by atoms with van der Waals surface area (Å²) in [4.78, 5) is 55.5. The summed E-state index contributed by atoms with van der Waals surface area (Å²) in [5.74, 6) is -2.97. The monoisotopic (exact) mass is 689 g/mol. The van der Waals surface area contributed by atoms with Gasteiger partial charge in [-0.05, 0) is 37.7 Å². The van der Waals surface area contributed by atoms with Crippen LogP contribution in [0, 0.1) is 0 Å². The normalized spacial score (nSPS) is 13.4. The van der Waals surface area contributed by atoms with Crippen molar-refractivity contribution in [3.63, 3.8) is 0 Å². The Morgan fingerprint density at radius 3 is 1.71 bits per heavy atom. The van der Waals surface area contributed by atoms with Gasteiger partial charge in [0.25, 0.3) is 0 Å². The van der Waals surface area contributed by atoms with Gasteiger partial charge < -0.3 is 43.4 Å². The van der Waals surface area contributed by atoms with E-state index in [1.165, 1.54) is 57.8 Å². The molecular weight excluding hydrogens is 626 g/mol. The SMILES string of the molecule is CCCCCCCCCCCCCCCC(=O)N[C@@H](CCCN=C(N)N)C(=O)N[C@@H](CCC(N)O)C(=O)N[C@@H](Cc1ccccc1)C(=O)O. The fourth-order valence-electron chi connectivity index (χ4n) is 5.54. The molecule has 13 nitrogen and oxygen atoms in total. The van der Waals surface area contributed by atoms with Crippen LogP contribution >= 0.6 is 0 Å². The van der Waals surface area contributed by atoms with Crippen LogP contribution in [0.4, 0.5) is 0 Å². The molecule has 0 aliphatic heterocycles. The van der Waals surface area contributed by atoms with E-state index < -0.39 is 42.1 Å². The van der Waals surface area contributed by atoms with Crippen LogP contribution in [0.15, 0.2) is 35.3 Å². The number of guanidine groups is 1. The smallest absolute Gasteiger partial charge is 0.326 e. The average Bonchev–Trinajstić information content (AvgIpc) is 3.06. The van der Waals surface area contributed by atoms with Crippen LogP contribution in [0.2, 0.25) is 0 Å². The summed E-state index contributed by atoms with van der Waals surface area (Å²) in [6.07, 6.45) is 15.0. The van der Waals surface area contributed by atoms with Gasteiger partial charge in [-0.1, -0.05) is 114 Å². The van der Waals surface area contributed by atoms with E-state index in [0.29, 0.717) is 18.4 Å². The number of aliphatic hydroxyl groups excluding tert-OH is 1. The maximum Gasteiger partial charge on any atom is 0.326 e. The molecule has 1 aromatic carbocycles. The lowest BCUT2D eigenvalue weighted by molar-refractivity contribution is -0.142. The van der Waals surface area contributed by atoms with Gasteiger partial charge in [0.15, 0.2) is 5.96 Å². The number of carbonyl (C=O) groups excluding carboxylic acids is 3. The molecule has 11 N–H and O–H groups in total. The van der Waals surface area contributed by atoms with Crippen LogP contribution in [0.3, 0.4) is 0 Å². The number of amides is 3. The van der Waals surface area contributed by atoms with Crippen LogP contribution < -0.4 is 33.2 Å². The standard InChI is InChI=1S/C36H63N7O6/c1-2-3-4-5-6-7-8-9-10-11-12-13-17-22-32(45)41-28(21-18-25-40-36(38)39)33(46)42-29(23-24-31(37)44)34(47)43-30(35(48)49)26-27-19-15-14-16-20-27/h14-16,19-20,28-31,44H,2-13,17-18,21-26,37H2,1H3,(H,41,45)(H,42,46)(H,43,47)(H,48,49)(H4,38,39,40)/t28-,29-,30-,31?/m0/s1. The maximum atomic E-state index is 13.5. The van der Waals surface area contributed by atoms with E-state index in [4.69, 9.17) is 17.2 Å². The Hall–Kier alpha value is -3.71. The molecule has 0 aliphatic rings. The Bertz CT molecular complexity index is 1100. The molecular formula is C36H63N7O6. The van der Waals surface area contributed by atoms with E-state index in [9.17, 15) is 29.4 Å². The Morgan fingerprint density at radius 2 is 1.20 bits per heavy atom. The van der Waals surface area contributed by atoms with E-state index in [2.05, 4.69) is 27.9 Å². The predicted molar refractivity (Wildman–Crippen MR) is 193 cm³/mol. The fourth-order valence-corrected chi connectivity index (χ4v) is 5.54. The van der Waals surface area contributed by atoms with Gasteiger partial charge in [-0.3, -0.25) is 19.4 Å². The summed E-state index contributed by atoms with van der Waals surface area (Å²) in [5, 5.41) is 27.4. The lowest BCUT2D eigenvalue weighted by Gasteiger charge is -2.25. The second-order valence-corrected chi connectivity index (χ2v) is 12.9. The van der Waals surface area contributed by atoms with Crippen molar-refractivity contribution in [3.8, 4) is 0 Å². The highest BCUT2D eigenvalue weighted by atomic mass is 16.4. The Balaban J connectivity index is 2.71. The first-order chi connectivity index (χ1) is 23.5. The molecule has 13 heteroatoms. The molecule has 1 unspecified atom stereocenters. The first-order valence-electron chi connectivity index (χ1n) is 18.2. The maximum absolute atomic E-state index is 13.5. The summed E-state index contributed by atoms with van der Waals surface area (Å²) in [5.41, 5.74) is 17.0. The lowest BCUT2D eigenvalue weighted by atomic mass is 10.0. The average molecular weight is 690 g/mol. The van der Waals surface area contributed by atoms with Crippen LogP contribution in [0.25, 0.3) is 0 Å². The number of benzene rings is 1. The number of rotatable bonds is 29. The minimum Gasteiger partial charge on any atom is -0.480 e. The summed E-state index contributed by atoms with van der Waals surface area (Å²) in [7, 11) is 0. The molecule has 1 rings (SSSR count). The van der Waals surface area contributed by atoms with Gasteiger partial charge in [-0.25, -0.2) is 4.79 Å². The van der Waals surface area contributed by atoms with Crippen molar-refractivity contribution in [2.24, 2.45) is 22.2 Å². The molecule has 0 aliphatic carbocycles. The number of aliphatic imine (C=N–C) groups is 1. The Kier molecular flexibility index (Phi) is 24.0. The Labute approximate surface area is 292 Å². The van der Waals surface area contributed by atoms with Gasteiger partial charge in [0.05, 0.1) is 0 Å². The van der Waals surface area contributed by atoms with Crippen molar-refractivity contribution < 1.29 is 29.4 Å². The summed E-state index contributed by atoms with van der Waals surface area (Å²) < 4.78 is 0. The first-order valence-corrected chi connectivity index (χ1v) is 18.2. The number of carboxylic acid groups (broad SMARTS) is 1. The topological polar surface area (TPSA) is 235 Å². The minimum atomic E-state index is -1.26. The molecule has 0 saturated carbocycles. The zero-order chi connectivity index (χ0) is 36.3. The van der Waals surface area contributed by atoms with Crippen molar-refractivity contribution in [1.82, 2.24) is 16.0 Å². The third kappa shape index (κ3) is 22.5. The molecule has 4 atom stereocenters. The molecule has 0 aromatic heterocycles. The molecule has 49 heavy (non-hydrogen) atoms. The van der Waals surface area contributed by atoms with Crippen molar-refractivity contribution in [2.75, 3.05) is 6.54 Å². The van der Waals surface area contributed by atoms with Crippen molar-refractivity contribution in [3.05, 3.63) is 35.9 Å². The van der Waals surface area contributed by atoms with E-state index >= 15 is 0 Å². The largest absolute Gasteiger partial charge is 0.480 e.